The average Bonchev–Trinajstić information content (AvgIpc) is 3.34. The molecule has 0 bridgehead atoms. The van der Waals surface area contributed by atoms with Crippen LogP contribution in [0.15, 0.2) is 54.7 Å². The van der Waals surface area contributed by atoms with Crippen molar-refractivity contribution in [1.82, 2.24) is 20.1 Å². The summed E-state index contributed by atoms with van der Waals surface area (Å²) >= 11 is 0. The van der Waals surface area contributed by atoms with Crippen molar-refractivity contribution < 1.29 is 9.53 Å². The van der Waals surface area contributed by atoms with E-state index in [-0.39, 0.29) is 12.0 Å². The fraction of sp³-hybridized carbons (Fsp3) is 0.385. The van der Waals surface area contributed by atoms with Crippen molar-refractivity contribution in [1.29, 1.82) is 0 Å². The Labute approximate surface area is 194 Å². The molecule has 0 spiro atoms. The zero-order valence-corrected chi connectivity index (χ0v) is 19.1. The highest BCUT2D eigenvalue weighted by Crippen LogP contribution is 2.40. The van der Waals surface area contributed by atoms with E-state index < -0.39 is 0 Å². The van der Waals surface area contributed by atoms with Gasteiger partial charge in [-0.2, -0.15) is 0 Å². The monoisotopic (exact) mass is 443 g/mol. The number of rotatable bonds is 6. The number of amides is 1. The largest absolute Gasteiger partial charge is 0.473 e. The van der Waals surface area contributed by atoms with Gasteiger partial charge in [-0.25, -0.2) is 0 Å². The van der Waals surface area contributed by atoms with Crippen molar-refractivity contribution in [3.8, 4) is 17.1 Å². The Hall–Kier alpha value is -3.32. The van der Waals surface area contributed by atoms with Crippen LogP contribution in [0.4, 0.5) is 5.69 Å². The molecule has 3 aromatic rings. The molecule has 1 saturated carbocycles. The third-order valence-corrected chi connectivity index (χ3v) is 6.70. The smallest absolute Gasteiger partial charge is 0.233 e. The number of carbonyl (C=O) groups is 1. The summed E-state index contributed by atoms with van der Waals surface area (Å²) in [7, 11) is 0. The number of nitrogens with one attached hydrogen (secondary N) is 1. The van der Waals surface area contributed by atoms with E-state index in [1.165, 1.54) is 18.2 Å². The molecular formula is C26H29N5O2. The maximum Gasteiger partial charge on any atom is 0.233 e. The van der Waals surface area contributed by atoms with Gasteiger partial charge in [0.1, 0.15) is 6.10 Å². The average molecular weight is 444 g/mol. The molecule has 1 aliphatic carbocycles. The van der Waals surface area contributed by atoms with Crippen LogP contribution >= 0.6 is 0 Å². The number of aryl methyl sites for hydroxylation is 1. The Kier molecular flexibility index (Phi) is 6.05. The summed E-state index contributed by atoms with van der Waals surface area (Å²) in [6, 6.07) is 15.5. The number of pyridine rings is 1. The van der Waals surface area contributed by atoms with Gasteiger partial charge in [-0.1, -0.05) is 18.2 Å². The molecular weight excluding hydrogens is 414 g/mol. The molecule has 7 nitrogen and oxygen atoms in total. The summed E-state index contributed by atoms with van der Waals surface area (Å²) in [6.45, 7) is 6.79. The number of hydrogen-bond donors (Lipinski definition) is 1. The lowest BCUT2D eigenvalue weighted by molar-refractivity contribution is -0.114. The number of fused-ring (bicyclic) bond motifs is 1. The number of carbonyl (C=O) groups excluding carboxylic acids is 1. The molecule has 3 atom stereocenters. The molecule has 2 aliphatic rings. The van der Waals surface area contributed by atoms with Gasteiger partial charge >= 0.3 is 0 Å². The summed E-state index contributed by atoms with van der Waals surface area (Å²) in [5.74, 6) is 1.84. The third-order valence-electron chi connectivity index (χ3n) is 6.70. The quantitative estimate of drug-likeness (QED) is 0.618. The minimum Gasteiger partial charge on any atom is -0.473 e. The molecule has 1 aromatic carbocycles. The molecule has 1 saturated heterocycles. The molecule has 7 heteroatoms. The van der Waals surface area contributed by atoms with Crippen LogP contribution in [0.3, 0.4) is 0 Å². The molecule has 2 unspecified atom stereocenters. The van der Waals surface area contributed by atoms with Gasteiger partial charge in [-0.3, -0.25) is 14.7 Å². The molecule has 2 fully saturated rings. The van der Waals surface area contributed by atoms with Crippen molar-refractivity contribution >= 4 is 11.6 Å². The summed E-state index contributed by atoms with van der Waals surface area (Å²) in [5.41, 5.74) is 4.94. The van der Waals surface area contributed by atoms with Gasteiger partial charge in [0.15, 0.2) is 0 Å². The number of anilines is 1. The molecule has 1 aliphatic heterocycles. The van der Waals surface area contributed by atoms with Crippen molar-refractivity contribution in [2.24, 2.45) is 11.8 Å². The Bertz CT molecular complexity index is 1100. The summed E-state index contributed by atoms with van der Waals surface area (Å²) < 4.78 is 6.19. The Morgan fingerprint density at radius 2 is 1.82 bits per heavy atom. The molecule has 1 amide bonds. The van der Waals surface area contributed by atoms with Gasteiger partial charge in [0.05, 0.1) is 11.4 Å². The fourth-order valence-electron chi connectivity index (χ4n) is 5.10. The number of ether oxygens (including phenoxy) is 1. The second kappa shape index (κ2) is 9.27. The van der Waals surface area contributed by atoms with Gasteiger partial charge in [0, 0.05) is 50.1 Å². The molecule has 33 heavy (non-hydrogen) atoms. The number of aromatic nitrogens is 3. The summed E-state index contributed by atoms with van der Waals surface area (Å²) in [6.07, 6.45) is 4.22. The lowest BCUT2D eigenvalue weighted by Crippen LogP contribution is -2.25. The van der Waals surface area contributed by atoms with E-state index in [2.05, 4.69) is 38.4 Å². The SMILES string of the molecule is CC(=O)Nc1ccc(-c2ccc(OC3CC4CN(Cc5ncccc5C)C[C@H]4C3)nn2)cc1. The first-order valence-electron chi connectivity index (χ1n) is 11.5. The number of likely N-dealkylation sites (tertiary alicyclic amines) is 1. The summed E-state index contributed by atoms with van der Waals surface area (Å²) in [4.78, 5) is 18.2. The zero-order chi connectivity index (χ0) is 22.8. The van der Waals surface area contributed by atoms with Crippen LogP contribution in [0.5, 0.6) is 5.88 Å². The van der Waals surface area contributed by atoms with E-state index in [0.29, 0.717) is 17.7 Å². The lowest BCUT2D eigenvalue weighted by atomic mass is 10.0. The lowest BCUT2D eigenvalue weighted by Gasteiger charge is -2.19. The molecule has 3 heterocycles. The Balaban J connectivity index is 1.14. The van der Waals surface area contributed by atoms with Crippen LogP contribution in [0, 0.1) is 18.8 Å². The van der Waals surface area contributed by atoms with E-state index in [1.54, 1.807) is 0 Å². The van der Waals surface area contributed by atoms with Gasteiger partial charge < -0.3 is 10.1 Å². The third kappa shape index (κ3) is 5.03. The van der Waals surface area contributed by atoms with E-state index in [9.17, 15) is 4.79 Å². The van der Waals surface area contributed by atoms with Gasteiger partial charge in [0.25, 0.3) is 0 Å². The van der Waals surface area contributed by atoms with Gasteiger partial charge in [0.2, 0.25) is 11.8 Å². The van der Waals surface area contributed by atoms with Crippen LogP contribution in [-0.2, 0) is 11.3 Å². The van der Waals surface area contributed by atoms with Crippen molar-refractivity contribution in [2.45, 2.75) is 39.3 Å². The van der Waals surface area contributed by atoms with Crippen LogP contribution in [0.2, 0.25) is 0 Å². The first-order valence-corrected chi connectivity index (χ1v) is 11.5. The number of nitrogens with zero attached hydrogens (tertiary/aromatic N) is 4. The second-order valence-corrected chi connectivity index (χ2v) is 9.21. The molecule has 0 radical (unpaired) electrons. The van der Waals surface area contributed by atoms with Crippen molar-refractivity contribution in [3.63, 3.8) is 0 Å². The predicted octanol–water partition coefficient (Wildman–Crippen LogP) is 4.09. The molecule has 5 rings (SSSR count). The second-order valence-electron chi connectivity index (χ2n) is 9.21. The maximum absolute atomic E-state index is 11.2. The highest BCUT2D eigenvalue weighted by molar-refractivity contribution is 5.88. The molecule has 170 valence electrons. The highest BCUT2D eigenvalue weighted by atomic mass is 16.5. The zero-order valence-electron chi connectivity index (χ0n) is 19.1. The normalized spacial score (nSPS) is 22.2. The molecule has 2 aromatic heterocycles. The van der Waals surface area contributed by atoms with Crippen LogP contribution in [0.1, 0.15) is 31.0 Å². The van der Waals surface area contributed by atoms with Crippen molar-refractivity contribution in [3.05, 3.63) is 66.0 Å². The van der Waals surface area contributed by atoms with E-state index in [1.807, 2.05) is 48.7 Å². The highest BCUT2D eigenvalue weighted by Gasteiger charge is 2.42. The first kappa shape index (κ1) is 21.5. The first-order chi connectivity index (χ1) is 16.0. The molecule has 1 N–H and O–H groups in total. The van der Waals surface area contributed by atoms with E-state index in [0.717, 1.165) is 49.4 Å². The topological polar surface area (TPSA) is 80.2 Å². The predicted molar refractivity (Wildman–Crippen MR) is 127 cm³/mol. The van der Waals surface area contributed by atoms with Crippen LogP contribution < -0.4 is 10.1 Å². The van der Waals surface area contributed by atoms with Gasteiger partial charge in [-0.05, 0) is 61.4 Å². The summed E-state index contributed by atoms with van der Waals surface area (Å²) in [5, 5.41) is 11.4. The Morgan fingerprint density at radius 3 is 2.45 bits per heavy atom. The van der Waals surface area contributed by atoms with E-state index >= 15 is 0 Å². The minimum atomic E-state index is -0.0869. The standard InChI is InChI=1S/C26H29N5O2/c1-17-4-3-11-27-25(17)16-31-14-20-12-23(13-21(20)15-31)33-26-10-9-24(29-30-26)19-5-7-22(8-6-19)28-18(2)32/h3-11,20-21,23H,12-16H2,1-2H3,(H,28,32)/t20-,21?,23?/m1/s1. The number of benzene rings is 1. The number of hydrogen-bond acceptors (Lipinski definition) is 6. The fourth-order valence-corrected chi connectivity index (χ4v) is 5.10. The van der Waals surface area contributed by atoms with Crippen LogP contribution in [-0.4, -0.2) is 45.2 Å². The van der Waals surface area contributed by atoms with Gasteiger partial charge in [-0.15, -0.1) is 10.2 Å². The Morgan fingerprint density at radius 1 is 1.06 bits per heavy atom. The minimum absolute atomic E-state index is 0.0869. The van der Waals surface area contributed by atoms with E-state index in [4.69, 9.17) is 4.74 Å². The maximum atomic E-state index is 11.2. The van der Waals surface area contributed by atoms with Crippen LogP contribution in [0.25, 0.3) is 11.3 Å². The van der Waals surface area contributed by atoms with Crippen molar-refractivity contribution in [2.75, 3.05) is 18.4 Å².